The number of thiazole rings is 1. The van der Waals surface area contributed by atoms with E-state index in [2.05, 4.69) is 17.1 Å². The van der Waals surface area contributed by atoms with Gasteiger partial charge in [0.25, 0.3) is 5.19 Å². The lowest BCUT2D eigenvalue weighted by Crippen LogP contribution is -2.30. The van der Waals surface area contributed by atoms with Gasteiger partial charge in [-0.1, -0.05) is 41.7 Å². The van der Waals surface area contributed by atoms with Gasteiger partial charge in [0.2, 0.25) is 5.91 Å². The molecule has 3 rings (SSSR count). The van der Waals surface area contributed by atoms with Crippen LogP contribution in [0.25, 0.3) is 0 Å². The Labute approximate surface area is 134 Å². The van der Waals surface area contributed by atoms with Crippen LogP contribution in [0.1, 0.15) is 24.8 Å². The number of amides is 1. The number of aromatic nitrogens is 1. The van der Waals surface area contributed by atoms with Gasteiger partial charge in [0, 0.05) is 31.0 Å². The van der Waals surface area contributed by atoms with Crippen LogP contribution >= 0.6 is 11.3 Å². The van der Waals surface area contributed by atoms with Crippen molar-refractivity contribution in [2.24, 2.45) is 0 Å². The van der Waals surface area contributed by atoms with Gasteiger partial charge in [-0.05, 0) is 18.4 Å². The third kappa shape index (κ3) is 4.07. The Hall–Kier alpha value is -1.88. The number of aryl methyl sites for hydroxylation is 1. The fraction of sp³-hybridized carbons (Fsp3) is 0.412. The summed E-state index contributed by atoms with van der Waals surface area (Å²) < 4.78 is 5.78. The number of benzene rings is 1. The molecule has 22 heavy (non-hydrogen) atoms. The highest BCUT2D eigenvalue weighted by Crippen LogP contribution is 2.21. The summed E-state index contributed by atoms with van der Waals surface area (Å²) in [6.07, 6.45) is 5.19. The smallest absolute Gasteiger partial charge is 0.273 e. The topological polar surface area (TPSA) is 42.4 Å². The summed E-state index contributed by atoms with van der Waals surface area (Å²) in [6, 6.07) is 10.3. The molecule has 1 aromatic heterocycles. The zero-order valence-electron chi connectivity index (χ0n) is 12.5. The summed E-state index contributed by atoms with van der Waals surface area (Å²) in [6.45, 7) is 1.48. The Balaban J connectivity index is 1.40. The van der Waals surface area contributed by atoms with Crippen LogP contribution in [-0.4, -0.2) is 35.0 Å². The van der Waals surface area contributed by atoms with Gasteiger partial charge in [0.05, 0.1) is 6.54 Å². The Morgan fingerprint density at radius 2 is 2.23 bits per heavy atom. The molecule has 5 heteroatoms. The van der Waals surface area contributed by atoms with Crippen molar-refractivity contribution >= 4 is 17.2 Å². The Bertz CT molecular complexity index is 586. The molecule has 4 nitrogen and oxygen atoms in total. The van der Waals surface area contributed by atoms with Gasteiger partial charge in [-0.2, -0.15) is 0 Å². The second-order valence-electron chi connectivity index (χ2n) is 5.51. The van der Waals surface area contributed by atoms with E-state index in [1.165, 1.54) is 16.9 Å². The van der Waals surface area contributed by atoms with Crippen molar-refractivity contribution in [1.29, 1.82) is 0 Å². The van der Waals surface area contributed by atoms with E-state index in [9.17, 15) is 4.79 Å². The van der Waals surface area contributed by atoms with E-state index in [1.54, 1.807) is 6.20 Å². The lowest BCUT2D eigenvalue weighted by atomic mass is 10.1. The van der Waals surface area contributed by atoms with Crippen molar-refractivity contribution in [2.75, 3.05) is 13.1 Å². The van der Waals surface area contributed by atoms with Gasteiger partial charge in [0.15, 0.2) is 0 Å². The first-order chi connectivity index (χ1) is 10.8. The number of ether oxygens (including phenoxy) is 1. The Kier molecular flexibility index (Phi) is 5.06. The molecule has 116 valence electrons. The zero-order valence-corrected chi connectivity index (χ0v) is 13.3. The molecule has 0 bridgehead atoms. The fourth-order valence-corrected chi connectivity index (χ4v) is 3.26. The van der Waals surface area contributed by atoms with Crippen LogP contribution in [0.15, 0.2) is 41.9 Å². The summed E-state index contributed by atoms with van der Waals surface area (Å²) >= 11 is 1.49. The summed E-state index contributed by atoms with van der Waals surface area (Å²) in [5.41, 5.74) is 1.29. The first-order valence-electron chi connectivity index (χ1n) is 7.69. The minimum atomic E-state index is 0.0872. The molecule has 0 spiro atoms. The van der Waals surface area contributed by atoms with E-state index in [0.29, 0.717) is 18.2 Å². The minimum Gasteiger partial charge on any atom is -0.465 e. The van der Waals surface area contributed by atoms with Crippen molar-refractivity contribution < 1.29 is 9.53 Å². The van der Waals surface area contributed by atoms with Gasteiger partial charge < -0.3 is 9.64 Å². The van der Waals surface area contributed by atoms with Crippen molar-refractivity contribution in [2.45, 2.75) is 31.8 Å². The van der Waals surface area contributed by atoms with E-state index in [-0.39, 0.29) is 12.0 Å². The number of carbonyl (C=O) groups is 1. The summed E-state index contributed by atoms with van der Waals surface area (Å²) in [5, 5.41) is 2.60. The average Bonchev–Trinajstić information content (AvgIpc) is 3.21. The van der Waals surface area contributed by atoms with E-state index in [0.717, 1.165) is 25.8 Å². The zero-order chi connectivity index (χ0) is 15.2. The molecule has 0 N–H and O–H groups in total. The molecule has 1 saturated heterocycles. The third-order valence-electron chi connectivity index (χ3n) is 3.87. The second kappa shape index (κ2) is 7.40. The summed E-state index contributed by atoms with van der Waals surface area (Å²) in [5.74, 6) is 0.237. The number of hydrogen-bond acceptors (Lipinski definition) is 4. The monoisotopic (exact) mass is 316 g/mol. The predicted octanol–water partition coefficient (Wildman–Crippen LogP) is 3.15. The van der Waals surface area contributed by atoms with E-state index < -0.39 is 0 Å². The van der Waals surface area contributed by atoms with E-state index in [4.69, 9.17) is 4.74 Å². The normalized spacial score (nSPS) is 17.6. The molecule has 1 atom stereocenters. The molecule has 1 aliphatic heterocycles. The van der Waals surface area contributed by atoms with Crippen molar-refractivity contribution in [3.8, 4) is 5.19 Å². The van der Waals surface area contributed by atoms with Gasteiger partial charge >= 0.3 is 0 Å². The predicted molar refractivity (Wildman–Crippen MR) is 87.1 cm³/mol. The summed E-state index contributed by atoms with van der Waals surface area (Å²) in [4.78, 5) is 18.3. The molecule has 2 heterocycles. The fourth-order valence-electron chi connectivity index (χ4n) is 2.71. The van der Waals surface area contributed by atoms with E-state index in [1.807, 2.05) is 28.5 Å². The van der Waals surface area contributed by atoms with Crippen molar-refractivity contribution in [3.63, 3.8) is 0 Å². The first kappa shape index (κ1) is 15.0. The molecular formula is C17H20N2O2S. The maximum Gasteiger partial charge on any atom is 0.273 e. The SMILES string of the molecule is O=C(CCCc1ccccc1)N1CCC(Oc2nccs2)C1. The quantitative estimate of drug-likeness (QED) is 0.822. The highest BCUT2D eigenvalue weighted by Gasteiger charge is 2.27. The van der Waals surface area contributed by atoms with Crippen LogP contribution in [0.5, 0.6) is 5.19 Å². The van der Waals surface area contributed by atoms with Gasteiger partial charge in [-0.3, -0.25) is 4.79 Å². The molecule has 1 fully saturated rings. The van der Waals surface area contributed by atoms with Crippen LogP contribution in [0.2, 0.25) is 0 Å². The highest BCUT2D eigenvalue weighted by atomic mass is 32.1. The van der Waals surface area contributed by atoms with E-state index >= 15 is 0 Å². The second-order valence-corrected chi connectivity index (χ2v) is 6.36. The largest absolute Gasteiger partial charge is 0.465 e. The number of hydrogen-bond donors (Lipinski definition) is 0. The molecule has 1 amide bonds. The molecule has 0 aliphatic carbocycles. The third-order valence-corrected chi connectivity index (χ3v) is 4.53. The lowest BCUT2D eigenvalue weighted by molar-refractivity contribution is -0.130. The van der Waals surface area contributed by atoms with Crippen LogP contribution in [-0.2, 0) is 11.2 Å². The average molecular weight is 316 g/mol. The Morgan fingerprint density at radius 1 is 1.36 bits per heavy atom. The maximum atomic E-state index is 12.2. The van der Waals surface area contributed by atoms with Gasteiger partial charge in [0.1, 0.15) is 6.10 Å². The molecule has 0 radical (unpaired) electrons. The van der Waals surface area contributed by atoms with Gasteiger partial charge in [-0.15, -0.1) is 0 Å². The molecule has 1 aliphatic rings. The lowest BCUT2D eigenvalue weighted by Gasteiger charge is -2.16. The molecular weight excluding hydrogens is 296 g/mol. The molecule has 1 unspecified atom stereocenters. The highest BCUT2D eigenvalue weighted by molar-refractivity contribution is 7.11. The van der Waals surface area contributed by atoms with Crippen LogP contribution in [0.4, 0.5) is 0 Å². The summed E-state index contributed by atoms with van der Waals surface area (Å²) in [7, 11) is 0. The molecule has 1 aromatic carbocycles. The number of nitrogens with zero attached hydrogens (tertiary/aromatic N) is 2. The van der Waals surface area contributed by atoms with Crippen LogP contribution in [0, 0.1) is 0 Å². The number of rotatable bonds is 6. The van der Waals surface area contributed by atoms with Crippen LogP contribution < -0.4 is 4.74 Å². The number of likely N-dealkylation sites (tertiary alicyclic amines) is 1. The van der Waals surface area contributed by atoms with Gasteiger partial charge in [-0.25, -0.2) is 4.98 Å². The minimum absolute atomic E-state index is 0.0872. The first-order valence-corrected chi connectivity index (χ1v) is 8.57. The number of carbonyl (C=O) groups excluding carboxylic acids is 1. The maximum absolute atomic E-state index is 12.2. The van der Waals surface area contributed by atoms with Crippen LogP contribution in [0.3, 0.4) is 0 Å². The Morgan fingerprint density at radius 3 is 3.00 bits per heavy atom. The molecule has 2 aromatic rings. The van der Waals surface area contributed by atoms with Crippen molar-refractivity contribution in [1.82, 2.24) is 9.88 Å². The van der Waals surface area contributed by atoms with Crippen molar-refractivity contribution in [3.05, 3.63) is 47.5 Å². The standard InChI is InChI=1S/C17H20N2O2S/c20-16(8-4-7-14-5-2-1-3-6-14)19-11-9-15(13-19)21-17-18-10-12-22-17/h1-3,5-6,10,12,15H,4,7-9,11,13H2. The molecule has 0 saturated carbocycles.